The lowest BCUT2D eigenvalue weighted by atomic mass is 10.3. The van der Waals surface area contributed by atoms with E-state index >= 15 is 0 Å². The van der Waals surface area contributed by atoms with Crippen molar-refractivity contribution in [3.05, 3.63) is 0 Å². The van der Waals surface area contributed by atoms with Gasteiger partial charge in [0, 0.05) is 38.9 Å². The number of carbonyl (C=O) groups is 4. The van der Waals surface area contributed by atoms with Gasteiger partial charge in [0.05, 0.1) is 6.42 Å². The van der Waals surface area contributed by atoms with Crippen molar-refractivity contribution < 1.29 is 24.3 Å². The van der Waals surface area contributed by atoms with Crippen LogP contribution in [0.25, 0.3) is 0 Å². The lowest BCUT2D eigenvalue weighted by molar-refractivity contribution is -0.139. The van der Waals surface area contributed by atoms with E-state index in [4.69, 9.17) is 5.11 Å². The lowest BCUT2D eigenvalue weighted by Crippen LogP contribution is -2.37. The number of nitrogens with zero attached hydrogens (tertiary/aromatic N) is 2. The second kappa shape index (κ2) is 6.86. The van der Waals surface area contributed by atoms with E-state index in [1.165, 1.54) is 4.90 Å². The number of carboxylic acids is 1. The zero-order chi connectivity index (χ0) is 14.4. The van der Waals surface area contributed by atoms with Crippen LogP contribution in [0.4, 0.5) is 0 Å². The molecule has 7 nitrogen and oxygen atoms in total. The van der Waals surface area contributed by atoms with Gasteiger partial charge in [-0.1, -0.05) is 0 Å². The highest BCUT2D eigenvalue weighted by molar-refractivity contribution is 6.02. The summed E-state index contributed by atoms with van der Waals surface area (Å²) in [6.45, 7) is 2.40. The van der Waals surface area contributed by atoms with Crippen LogP contribution in [-0.4, -0.2) is 58.2 Å². The molecule has 19 heavy (non-hydrogen) atoms. The first kappa shape index (κ1) is 15.1. The lowest BCUT2D eigenvalue weighted by Gasteiger charge is -2.21. The molecule has 1 aliphatic heterocycles. The molecule has 0 atom stereocenters. The molecule has 7 heteroatoms. The van der Waals surface area contributed by atoms with Crippen molar-refractivity contribution in [1.82, 2.24) is 9.80 Å². The van der Waals surface area contributed by atoms with Crippen LogP contribution < -0.4 is 0 Å². The van der Waals surface area contributed by atoms with E-state index in [0.717, 1.165) is 4.90 Å². The molecule has 1 rings (SSSR count). The fourth-order valence-electron chi connectivity index (χ4n) is 1.93. The third kappa shape index (κ3) is 4.35. The predicted molar refractivity (Wildman–Crippen MR) is 65.1 cm³/mol. The SMILES string of the molecule is CCN(CCC(=O)O)C(=O)CCN1C(=O)CCC1=O. The molecule has 1 heterocycles. The Hall–Kier alpha value is -1.92. The Balaban J connectivity index is 2.42. The van der Waals surface area contributed by atoms with Gasteiger partial charge in [-0.05, 0) is 6.92 Å². The summed E-state index contributed by atoms with van der Waals surface area (Å²) in [6, 6.07) is 0. The van der Waals surface area contributed by atoms with Crippen LogP contribution in [0.2, 0.25) is 0 Å². The smallest absolute Gasteiger partial charge is 0.305 e. The van der Waals surface area contributed by atoms with Crippen LogP contribution in [0.3, 0.4) is 0 Å². The third-order valence-electron chi connectivity index (χ3n) is 3.03. The van der Waals surface area contributed by atoms with Gasteiger partial charge in [0.1, 0.15) is 0 Å². The Labute approximate surface area is 111 Å². The summed E-state index contributed by atoms with van der Waals surface area (Å²) < 4.78 is 0. The fourth-order valence-corrected chi connectivity index (χ4v) is 1.93. The molecule has 0 radical (unpaired) electrons. The zero-order valence-electron chi connectivity index (χ0n) is 10.9. The molecule has 0 aromatic heterocycles. The first-order chi connectivity index (χ1) is 8.95. The number of imide groups is 1. The van der Waals surface area contributed by atoms with E-state index in [-0.39, 0.29) is 56.5 Å². The molecular formula is C12H18N2O5. The van der Waals surface area contributed by atoms with Gasteiger partial charge in [-0.3, -0.25) is 24.1 Å². The summed E-state index contributed by atoms with van der Waals surface area (Å²) in [5, 5.41) is 8.58. The van der Waals surface area contributed by atoms with Crippen molar-refractivity contribution in [1.29, 1.82) is 0 Å². The summed E-state index contributed by atoms with van der Waals surface area (Å²) in [7, 11) is 0. The average molecular weight is 270 g/mol. The molecule has 1 fully saturated rings. The molecule has 0 saturated carbocycles. The fraction of sp³-hybridized carbons (Fsp3) is 0.667. The monoisotopic (exact) mass is 270 g/mol. The van der Waals surface area contributed by atoms with E-state index in [1.54, 1.807) is 6.92 Å². The molecule has 1 N–H and O–H groups in total. The third-order valence-corrected chi connectivity index (χ3v) is 3.03. The predicted octanol–water partition coefficient (Wildman–Crippen LogP) is -0.151. The first-order valence-electron chi connectivity index (χ1n) is 6.28. The van der Waals surface area contributed by atoms with Gasteiger partial charge < -0.3 is 10.0 Å². The molecule has 106 valence electrons. The van der Waals surface area contributed by atoms with Crippen LogP contribution in [0.15, 0.2) is 0 Å². The minimum atomic E-state index is -0.962. The summed E-state index contributed by atoms with van der Waals surface area (Å²) in [6.07, 6.45) is 0.360. The van der Waals surface area contributed by atoms with Crippen molar-refractivity contribution in [3.63, 3.8) is 0 Å². The van der Waals surface area contributed by atoms with Crippen molar-refractivity contribution in [2.24, 2.45) is 0 Å². The van der Waals surface area contributed by atoms with Crippen molar-refractivity contribution in [3.8, 4) is 0 Å². The van der Waals surface area contributed by atoms with Crippen molar-refractivity contribution in [2.45, 2.75) is 32.6 Å². The van der Waals surface area contributed by atoms with Gasteiger partial charge in [-0.2, -0.15) is 0 Å². The normalized spacial score (nSPS) is 14.9. The first-order valence-corrected chi connectivity index (χ1v) is 6.28. The number of hydrogen-bond acceptors (Lipinski definition) is 4. The Kier molecular flexibility index (Phi) is 5.47. The Bertz CT molecular complexity index is 378. The standard InChI is InChI=1S/C12H18N2O5/c1-2-13(7-6-12(18)19)9(15)5-8-14-10(16)3-4-11(14)17/h2-8H2,1H3,(H,18,19). The van der Waals surface area contributed by atoms with E-state index in [0.29, 0.717) is 6.54 Å². The summed E-state index contributed by atoms with van der Waals surface area (Å²) in [5.74, 6) is -1.69. The second-order valence-electron chi connectivity index (χ2n) is 4.31. The Morgan fingerprint density at radius 1 is 1.21 bits per heavy atom. The molecule has 1 saturated heterocycles. The van der Waals surface area contributed by atoms with Gasteiger partial charge in [0.25, 0.3) is 0 Å². The molecule has 0 aromatic rings. The highest BCUT2D eigenvalue weighted by atomic mass is 16.4. The van der Waals surface area contributed by atoms with Crippen LogP contribution in [0, 0.1) is 0 Å². The van der Waals surface area contributed by atoms with Crippen LogP contribution >= 0.6 is 0 Å². The molecule has 3 amide bonds. The highest BCUT2D eigenvalue weighted by Crippen LogP contribution is 2.12. The number of aliphatic carboxylic acids is 1. The van der Waals surface area contributed by atoms with Gasteiger partial charge in [0.15, 0.2) is 0 Å². The van der Waals surface area contributed by atoms with Gasteiger partial charge >= 0.3 is 5.97 Å². The number of carbonyl (C=O) groups excluding carboxylic acids is 3. The topological polar surface area (TPSA) is 95.0 Å². The number of hydrogen-bond donors (Lipinski definition) is 1. The van der Waals surface area contributed by atoms with Gasteiger partial charge in [0.2, 0.25) is 17.7 Å². The summed E-state index contributed by atoms with van der Waals surface area (Å²) in [5.41, 5.74) is 0. The second-order valence-corrected chi connectivity index (χ2v) is 4.31. The van der Waals surface area contributed by atoms with E-state index in [1.807, 2.05) is 0 Å². The van der Waals surface area contributed by atoms with Gasteiger partial charge in [-0.25, -0.2) is 0 Å². The summed E-state index contributed by atoms with van der Waals surface area (Å²) in [4.78, 5) is 47.5. The molecular weight excluding hydrogens is 252 g/mol. The number of amides is 3. The Morgan fingerprint density at radius 2 is 1.79 bits per heavy atom. The van der Waals surface area contributed by atoms with Crippen molar-refractivity contribution >= 4 is 23.7 Å². The van der Waals surface area contributed by atoms with Crippen LogP contribution in [0.5, 0.6) is 0 Å². The Morgan fingerprint density at radius 3 is 2.26 bits per heavy atom. The van der Waals surface area contributed by atoms with Crippen LogP contribution in [0.1, 0.15) is 32.6 Å². The van der Waals surface area contributed by atoms with E-state index in [9.17, 15) is 19.2 Å². The molecule has 0 spiro atoms. The summed E-state index contributed by atoms with van der Waals surface area (Å²) >= 11 is 0. The maximum atomic E-state index is 11.8. The highest BCUT2D eigenvalue weighted by Gasteiger charge is 2.29. The maximum absolute atomic E-state index is 11.8. The molecule has 0 aliphatic carbocycles. The van der Waals surface area contributed by atoms with Crippen LogP contribution in [-0.2, 0) is 19.2 Å². The zero-order valence-corrected chi connectivity index (χ0v) is 10.9. The number of carboxylic acid groups (broad SMARTS) is 1. The molecule has 0 unspecified atom stereocenters. The van der Waals surface area contributed by atoms with E-state index in [2.05, 4.69) is 0 Å². The van der Waals surface area contributed by atoms with Crippen molar-refractivity contribution in [2.75, 3.05) is 19.6 Å². The number of rotatable bonds is 7. The number of likely N-dealkylation sites (tertiary alicyclic amines) is 1. The maximum Gasteiger partial charge on any atom is 0.305 e. The molecule has 0 aromatic carbocycles. The quantitative estimate of drug-likeness (QED) is 0.649. The van der Waals surface area contributed by atoms with Gasteiger partial charge in [-0.15, -0.1) is 0 Å². The van der Waals surface area contributed by atoms with E-state index < -0.39 is 5.97 Å². The minimum absolute atomic E-state index is 0.0466. The average Bonchev–Trinajstić information content (AvgIpc) is 2.67. The molecule has 1 aliphatic rings. The minimum Gasteiger partial charge on any atom is -0.481 e. The molecule has 0 bridgehead atoms. The largest absolute Gasteiger partial charge is 0.481 e.